The van der Waals surface area contributed by atoms with E-state index >= 15 is 0 Å². The molecule has 0 spiro atoms. The Morgan fingerprint density at radius 2 is 2.04 bits per heavy atom. The topological polar surface area (TPSA) is 55.6 Å². The molecule has 2 aromatic carbocycles. The maximum atomic E-state index is 12.7. The summed E-state index contributed by atoms with van der Waals surface area (Å²) in [5.41, 5.74) is 6.78. The van der Waals surface area contributed by atoms with E-state index in [9.17, 15) is 4.79 Å². The Bertz CT molecular complexity index is 714. The predicted octanol–water partition coefficient (Wildman–Crippen LogP) is 2.76. The maximum absolute atomic E-state index is 12.7. The maximum Gasteiger partial charge on any atom is 0.229 e. The Morgan fingerprint density at radius 3 is 2.74 bits per heavy atom. The molecule has 2 N–H and O–H groups in total. The van der Waals surface area contributed by atoms with Gasteiger partial charge >= 0.3 is 0 Å². The molecule has 0 radical (unpaired) electrons. The summed E-state index contributed by atoms with van der Waals surface area (Å²) in [4.78, 5) is 14.7. The van der Waals surface area contributed by atoms with Gasteiger partial charge in [-0.15, -0.1) is 0 Å². The molecule has 2 unspecified atom stereocenters. The van der Waals surface area contributed by atoms with Gasteiger partial charge in [-0.05, 0) is 54.3 Å². The summed E-state index contributed by atoms with van der Waals surface area (Å²) in [6, 6.07) is 12.2. The van der Waals surface area contributed by atoms with Gasteiger partial charge in [0.1, 0.15) is 5.75 Å². The molecule has 4 heteroatoms. The van der Waals surface area contributed by atoms with Gasteiger partial charge in [-0.3, -0.25) is 4.79 Å². The summed E-state index contributed by atoms with van der Waals surface area (Å²) >= 11 is 0. The molecule has 0 bridgehead atoms. The van der Waals surface area contributed by atoms with Crippen molar-refractivity contribution in [2.45, 2.75) is 19.3 Å². The van der Waals surface area contributed by atoms with E-state index in [0.717, 1.165) is 41.6 Å². The van der Waals surface area contributed by atoms with Crippen molar-refractivity contribution in [3.63, 3.8) is 0 Å². The molecule has 0 aromatic heterocycles. The van der Waals surface area contributed by atoms with Gasteiger partial charge < -0.3 is 15.4 Å². The fraction of sp³-hybridized carbons (Fsp3) is 0.421. The zero-order valence-electron chi connectivity index (χ0n) is 13.8. The van der Waals surface area contributed by atoms with Crippen LogP contribution in [0.5, 0.6) is 5.75 Å². The van der Waals surface area contributed by atoms with Gasteiger partial charge in [-0.1, -0.05) is 24.3 Å². The second-order valence-corrected chi connectivity index (χ2v) is 6.37. The first kappa shape index (κ1) is 15.8. The second kappa shape index (κ2) is 6.59. The molecule has 1 aliphatic rings. The van der Waals surface area contributed by atoms with Crippen LogP contribution in [-0.2, 0) is 4.79 Å². The fourth-order valence-corrected chi connectivity index (χ4v) is 3.28. The smallest absolute Gasteiger partial charge is 0.229 e. The van der Waals surface area contributed by atoms with Crippen molar-refractivity contribution in [3.05, 3.63) is 42.0 Å². The number of amides is 1. The van der Waals surface area contributed by atoms with Gasteiger partial charge in [0.05, 0.1) is 13.0 Å². The van der Waals surface area contributed by atoms with Gasteiger partial charge in [-0.2, -0.15) is 0 Å². The number of fused-ring (bicyclic) bond motifs is 1. The number of benzene rings is 2. The number of hydrogen-bond acceptors (Lipinski definition) is 3. The normalized spacial score (nSPS) is 19.1. The van der Waals surface area contributed by atoms with Crippen LogP contribution in [0.4, 0.5) is 0 Å². The van der Waals surface area contributed by atoms with Gasteiger partial charge in [0.25, 0.3) is 0 Å². The van der Waals surface area contributed by atoms with E-state index in [4.69, 9.17) is 10.5 Å². The Labute approximate surface area is 137 Å². The average Bonchev–Trinajstić information content (AvgIpc) is 3.08. The minimum atomic E-state index is -0.127. The number of carbonyl (C=O) groups is 1. The summed E-state index contributed by atoms with van der Waals surface area (Å²) in [6.45, 7) is 4.28. The lowest BCUT2D eigenvalue weighted by atomic mass is 9.96. The van der Waals surface area contributed by atoms with Crippen LogP contribution in [-0.4, -0.2) is 37.6 Å². The molecule has 2 atom stereocenters. The van der Waals surface area contributed by atoms with Crippen LogP contribution in [0, 0.1) is 5.92 Å². The zero-order valence-corrected chi connectivity index (χ0v) is 13.8. The minimum Gasteiger partial charge on any atom is -0.497 e. The molecule has 0 saturated carbocycles. The number of ether oxygens (including phenoxy) is 1. The van der Waals surface area contributed by atoms with Crippen LogP contribution in [0.15, 0.2) is 36.4 Å². The zero-order chi connectivity index (χ0) is 16.4. The van der Waals surface area contributed by atoms with Crippen LogP contribution in [0.1, 0.15) is 24.8 Å². The van der Waals surface area contributed by atoms with E-state index in [0.29, 0.717) is 12.5 Å². The number of rotatable bonds is 4. The highest BCUT2D eigenvalue weighted by Gasteiger charge is 2.28. The fourth-order valence-electron chi connectivity index (χ4n) is 3.28. The summed E-state index contributed by atoms with van der Waals surface area (Å²) in [7, 11) is 1.67. The molecule has 1 fully saturated rings. The van der Waals surface area contributed by atoms with Gasteiger partial charge in [0.15, 0.2) is 0 Å². The summed E-state index contributed by atoms with van der Waals surface area (Å²) in [5.74, 6) is 1.38. The van der Waals surface area contributed by atoms with Crippen LogP contribution in [0.25, 0.3) is 10.8 Å². The third-order valence-electron chi connectivity index (χ3n) is 4.87. The first-order valence-electron chi connectivity index (χ1n) is 8.19. The molecular formula is C19H24N2O2. The number of hydrogen-bond donors (Lipinski definition) is 1. The minimum absolute atomic E-state index is 0.127. The van der Waals surface area contributed by atoms with E-state index in [-0.39, 0.29) is 11.8 Å². The van der Waals surface area contributed by atoms with E-state index < -0.39 is 0 Å². The van der Waals surface area contributed by atoms with Crippen LogP contribution in [0.3, 0.4) is 0 Å². The Morgan fingerprint density at radius 1 is 1.30 bits per heavy atom. The molecule has 1 heterocycles. The molecule has 4 nitrogen and oxygen atoms in total. The SMILES string of the molecule is COc1ccc2cc(C(C)C(=O)N3CCC(CN)C3)ccc2c1. The van der Waals surface area contributed by atoms with Crippen molar-refractivity contribution in [2.24, 2.45) is 11.7 Å². The number of carbonyl (C=O) groups excluding carboxylic acids is 1. The second-order valence-electron chi connectivity index (χ2n) is 6.37. The van der Waals surface area contributed by atoms with Gasteiger partial charge in [-0.25, -0.2) is 0 Å². The quantitative estimate of drug-likeness (QED) is 0.944. The summed E-state index contributed by atoms with van der Waals surface area (Å²) in [5, 5.41) is 2.25. The Hall–Kier alpha value is -2.07. The molecule has 1 aliphatic heterocycles. The van der Waals surface area contributed by atoms with Crippen molar-refractivity contribution in [1.29, 1.82) is 0 Å². The molecule has 0 aliphatic carbocycles. The summed E-state index contributed by atoms with van der Waals surface area (Å²) < 4.78 is 5.26. The lowest BCUT2D eigenvalue weighted by Crippen LogP contribution is -2.33. The molecule has 122 valence electrons. The number of likely N-dealkylation sites (tertiary alicyclic amines) is 1. The third-order valence-corrected chi connectivity index (χ3v) is 4.87. The van der Waals surface area contributed by atoms with Crippen molar-refractivity contribution >= 4 is 16.7 Å². The third kappa shape index (κ3) is 3.17. The van der Waals surface area contributed by atoms with E-state index in [1.165, 1.54) is 0 Å². The largest absolute Gasteiger partial charge is 0.497 e. The number of nitrogens with zero attached hydrogens (tertiary/aromatic N) is 1. The average molecular weight is 312 g/mol. The van der Waals surface area contributed by atoms with Crippen molar-refractivity contribution in [3.8, 4) is 5.75 Å². The van der Waals surface area contributed by atoms with Gasteiger partial charge in [0, 0.05) is 13.1 Å². The van der Waals surface area contributed by atoms with Crippen molar-refractivity contribution in [1.82, 2.24) is 4.90 Å². The first-order valence-corrected chi connectivity index (χ1v) is 8.19. The van der Waals surface area contributed by atoms with E-state index in [2.05, 4.69) is 12.1 Å². The summed E-state index contributed by atoms with van der Waals surface area (Å²) in [6.07, 6.45) is 1.02. The predicted molar refractivity (Wildman–Crippen MR) is 92.7 cm³/mol. The first-order chi connectivity index (χ1) is 11.1. The van der Waals surface area contributed by atoms with E-state index in [1.807, 2.05) is 36.1 Å². The van der Waals surface area contributed by atoms with Crippen LogP contribution >= 0.6 is 0 Å². The molecule has 3 rings (SSSR count). The lowest BCUT2D eigenvalue weighted by molar-refractivity contribution is -0.131. The molecule has 1 amide bonds. The Kier molecular flexibility index (Phi) is 4.53. The number of nitrogens with two attached hydrogens (primary N) is 1. The standard InChI is InChI=1S/C19H24N2O2/c1-13(19(22)21-8-7-14(11-20)12-21)15-3-4-17-10-18(23-2)6-5-16(17)9-15/h3-6,9-10,13-14H,7-8,11-12,20H2,1-2H3. The molecule has 23 heavy (non-hydrogen) atoms. The highest BCUT2D eigenvalue weighted by atomic mass is 16.5. The molecule has 1 saturated heterocycles. The Balaban J connectivity index is 1.80. The van der Waals surface area contributed by atoms with Crippen molar-refractivity contribution in [2.75, 3.05) is 26.7 Å². The lowest BCUT2D eigenvalue weighted by Gasteiger charge is -2.21. The van der Waals surface area contributed by atoms with Crippen molar-refractivity contribution < 1.29 is 9.53 Å². The monoisotopic (exact) mass is 312 g/mol. The highest BCUT2D eigenvalue weighted by Crippen LogP contribution is 2.27. The molecule has 2 aromatic rings. The highest BCUT2D eigenvalue weighted by molar-refractivity contribution is 5.88. The van der Waals surface area contributed by atoms with Gasteiger partial charge in [0.2, 0.25) is 5.91 Å². The number of methoxy groups -OCH3 is 1. The van der Waals surface area contributed by atoms with Crippen LogP contribution in [0.2, 0.25) is 0 Å². The molecular weight excluding hydrogens is 288 g/mol. The van der Waals surface area contributed by atoms with E-state index in [1.54, 1.807) is 7.11 Å². The van der Waals surface area contributed by atoms with Crippen LogP contribution < -0.4 is 10.5 Å².